The van der Waals surface area contributed by atoms with Crippen LogP contribution in [0.3, 0.4) is 0 Å². The molecular weight excluding hydrogens is 528 g/mol. The molecule has 0 bridgehead atoms. The molecule has 1 saturated heterocycles. The van der Waals surface area contributed by atoms with Crippen LogP contribution in [-0.2, 0) is 9.84 Å². The van der Waals surface area contributed by atoms with Gasteiger partial charge in [0, 0.05) is 60.3 Å². The molecule has 208 valence electrons. The number of ether oxygens (including phenoxy) is 1. The third-order valence-electron chi connectivity index (χ3n) is 7.74. The molecule has 1 aliphatic rings. The third-order valence-corrected chi connectivity index (χ3v) is 8.77. The van der Waals surface area contributed by atoms with Gasteiger partial charge in [-0.2, -0.15) is 5.10 Å². The standard InChI is InChI=1S/C28H32N8O3S/c1-16(2)35-15-30-27-24(34-13-19(18(34)4)14-40(6,37)38)10-26(33-28(27)35)36-23-9-22(32-17(3)20(23)12-31-36)21-11-29-8-7-25(21)39-5/h7-12,15-16,18-19H,13-14H2,1-6H3/t18-,19-/m1/s1. The summed E-state index contributed by atoms with van der Waals surface area (Å²) >= 11 is 0. The van der Waals surface area contributed by atoms with Crippen molar-refractivity contribution in [1.29, 1.82) is 0 Å². The van der Waals surface area contributed by atoms with Crippen LogP contribution in [0.2, 0.25) is 0 Å². The zero-order valence-electron chi connectivity index (χ0n) is 23.4. The minimum Gasteiger partial charge on any atom is -0.496 e. The predicted octanol–water partition coefficient (Wildman–Crippen LogP) is 3.99. The van der Waals surface area contributed by atoms with Gasteiger partial charge in [0.25, 0.3) is 0 Å². The molecule has 1 aliphatic heterocycles. The summed E-state index contributed by atoms with van der Waals surface area (Å²) in [5.41, 5.74) is 5.66. The van der Waals surface area contributed by atoms with Crippen molar-refractivity contribution in [2.24, 2.45) is 5.92 Å². The van der Waals surface area contributed by atoms with Crippen molar-refractivity contribution in [3.8, 4) is 22.8 Å². The maximum Gasteiger partial charge on any atom is 0.164 e. The molecule has 1 fully saturated rings. The molecule has 12 heteroatoms. The Labute approximate surface area is 232 Å². The molecule has 11 nitrogen and oxygen atoms in total. The van der Waals surface area contributed by atoms with Gasteiger partial charge in [-0.3, -0.25) is 9.97 Å². The Morgan fingerprint density at radius 2 is 1.98 bits per heavy atom. The molecule has 0 saturated carbocycles. The SMILES string of the molecule is COc1ccncc1-c1cc2c(cnn2-c2cc(N3C[C@H](CS(C)(=O)=O)[C@H]3C)c3ncn(C(C)C)c3n2)c(C)n1. The normalized spacial score (nSPS) is 17.6. The van der Waals surface area contributed by atoms with Gasteiger partial charge in [-0.05, 0) is 39.8 Å². The van der Waals surface area contributed by atoms with Gasteiger partial charge in [-0.25, -0.2) is 23.1 Å². The minimum absolute atomic E-state index is 0.0443. The monoisotopic (exact) mass is 560 g/mol. The van der Waals surface area contributed by atoms with Crippen LogP contribution in [0.1, 0.15) is 32.5 Å². The Bertz CT molecular complexity index is 1860. The fourth-order valence-electron chi connectivity index (χ4n) is 5.52. The molecule has 5 aromatic heterocycles. The molecule has 2 atom stereocenters. The lowest BCUT2D eigenvalue weighted by atomic mass is 9.91. The number of pyridine rings is 3. The second-order valence-corrected chi connectivity index (χ2v) is 13.0. The first kappa shape index (κ1) is 26.2. The van der Waals surface area contributed by atoms with E-state index in [1.807, 2.05) is 46.9 Å². The fraction of sp³-hybridized carbons (Fsp3) is 0.393. The van der Waals surface area contributed by atoms with Gasteiger partial charge >= 0.3 is 0 Å². The highest BCUT2D eigenvalue weighted by Crippen LogP contribution is 2.38. The Morgan fingerprint density at radius 3 is 2.67 bits per heavy atom. The smallest absolute Gasteiger partial charge is 0.164 e. The maximum absolute atomic E-state index is 12.0. The number of methoxy groups -OCH3 is 1. The van der Waals surface area contributed by atoms with Crippen LogP contribution >= 0.6 is 0 Å². The van der Waals surface area contributed by atoms with E-state index in [-0.39, 0.29) is 23.8 Å². The van der Waals surface area contributed by atoms with E-state index in [2.05, 4.69) is 30.7 Å². The lowest BCUT2D eigenvalue weighted by Crippen LogP contribution is -2.57. The Morgan fingerprint density at radius 1 is 1.18 bits per heavy atom. The Balaban J connectivity index is 1.52. The number of hydrogen-bond donors (Lipinski definition) is 0. The van der Waals surface area contributed by atoms with Gasteiger partial charge in [-0.15, -0.1) is 0 Å². The molecule has 0 radical (unpaired) electrons. The lowest BCUT2D eigenvalue weighted by Gasteiger charge is -2.47. The van der Waals surface area contributed by atoms with Gasteiger partial charge in [0.1, 0.15) is 21.1 Å². The number of anilines is 1. The number of fused-ring (bicyclic) bond motifs is 2. The topological polar surface area (TPSA) is 121 Å². The highest BCUT2D eigenvalue weighted by molar-refractivity contribution is 7.90. The molecule has 40 heavy (non-hydrogen) atoms. The van der Waals surface area contributed by atoms with Gasteiger partial charge in [0.05, 0.1) is 47.8 Å². The molecule has 0 aliphatic carbocycles. The minimum atomic E-state index is -3.07. The van der Waals surface area contributed by atoms with Crippen molar-refractivity contribution in [1.82, 2.24) is 34.3 Å². The van der Waals surface area contributed by atoms with Crippen LogP contribution < -0.4 is 9.64 Å². The number of aromatic nitrogens is 7. The number of imidazole rings is 1. The first-order valence-corrected chi connectivity index (χ1v) is 15.3. The summed E-state index contributed by atoms with van der Waals surface area (Å²) in [5.74, 6) is 1.56. The van der Waals surface area contributed by atoms with Crippen LogP contribution in [0.5, 0.6) is 5.75 Å². The lowest BCUT2D eigenvalue weighted by molar-refractivity contribution is 0.342. The number of rotatable bonds is 7. The van der Waals surface area contributed by atoms with Crippen LogP contribution in [0.4, 0.5) is 5.69 Å². The van der Waals surface area contributed by atoms with Gasteiger partial charge in [0.2, 0.25) is 0 Å². The van der Waals surface area contributed by atoms with E-state index in [1.165, 1.54) is 6.26 Å². The summed E-state index contributed by atoms with van der Waals surface area (Å²) in [7, 11) is -1.44. The van der Waals surface area contributed by atoms with E-state index < -0.39 is 9.84 Å². The summed E-state index contributed by atoms with van der Waals surface area (Å²) in [6, 6.07) is 5.99. The van der Waals surface area contributed by atoms with Crippen molar-refractivity contribution < 1.29 is 13.2 Å². The number of nitrogens with zero attached hydrogens (tertiary/aromatic N) is 8. The second kappa shape index (κ2) is 9.54. The van der Waals surface area contributed by atoms with E-state index in [0.717, 1.165) is 44.7 Å². The van der Waals surface area contributed by atoms with Crippen LogP contribution in [0.25, 0.3) is 39.1 Å². The molecule has 0 amide bonds. The highest BCUT2D eigenvalue weighted by Gasteiger charge is 2.39. The number of sulfone groups is 1. The molecule has 5 aromatic rings. The first-order chi connectivity index (χ1) is 19.1. The van der Waals surface area contributed by atoms with Crippen molar-refractivity contribution in [2.45, 2.75) is 39.8 Å². The van der Waals surface area contributed by atoms with E-state index in [0.29, 0.717) is 18.1 Å². The van der Waals surface area contributed by atoms with E-state index >= 15 is 0 Å². The maximum atomic E-state index is 12.0. The van der Waals surface area contributed by atoms with Gasteiger partial charge in [-0.1, -0.05) is 0 Å². The zero-order chi connectivity index (χ0) is 28.3. The van der Waals surface area contributed by atoms with Gasteiger partial charge < -0.3 is 14.2 Å². The van der Waals surface area contributed by atoms with Crippen LogP contribution in [0.15, 0.2) is 43.1 Å². The molecular formula is C28H32N8O3S. The first-order valence-electron chi connectivity index (χ1n) is 13.2. The quantitative estimate of drug-likeness (QED) is 0.291. The fourth-order valence-corrected chi connectivity index (χ4v) is 6.68. The van der Waals surface area contributed by atoms with E-state index in [4.69, 9.17) is 24.8 Å². The largest absolute Gasteiger partial charge is 0.496 e. The second-order valence-electron chi connectivity index (χ2n) is 10.8. The van der Waals surface area contributed by atoms with Crippen molar-refractivity contribution in [2.75, 3.05) is 30.6 Å². The van der Waals surface area contributed by atoms with Crippen LogP contribution in [0, 0.1) is 12.8 Å². The predicted molar refractivity (Wildman–Crippen MR) is 155 cm³/mol. The van der Waals surface area contributed by atoms with Crippen molar-refractivity contribution >= 4 is 37.6 Å². The summed E-state index contributed by atoms with van der Waals surface area (Å²) in [6.45, 7) is 8.84. The summed E-state index contributed by atoms with van der Waals surface area (Å²) in [6.07, 6.45) is 8.35. The Kier molecular flexibility index (Phi) is 6.25. The Hall–Kier alpha value is -4.06. The molecule has 0 aromatic carbocycles. The van der Waals surface area contributed by atoms with Crippen molar-refractivity contribution in [3.05, 3.63) is 48.8 Å². The third kappa shape index (κ3) is 4.36. The zero-order valence-corrected chi connectivity index (χ0v) is 24.2. The number of hydrogen-bond acceptors (Lipinski definition) is 9. The molecule has 0 N–H and O–H groups in total. The van der Waals surface area contributed by atoms with Crippen molar-refractivity contribution in [3.63, 3.8) is 0 Å². The number of aryl methyl sites for hydroxylation is 1. The van der Waals surface area contributed by atoms with E-state index in [1.54, 1.807) is 19.5 Å². The average molecular weight is 561 g/mol. The average Bonchev–Trinajstić information content (AvgIpc) is 3.54. The van der Waals surface area contributed by atoms with Gasteiger partial charge in [0.15, 0.2) is 11.5 Å². The molecule has 6 heterocycles. The highest BCUT2D eigenvalue weighted by atomic mass is 32.2. The summed E-state index contributed by atoms with van der Waals surface area (Å²) in [5, 5.41) is 5.65. The van der Waals surface area contributed by atoms with Crippen LogP contribution in [-0.4, -0.2) is 74.4 Å². The molecule has 6 rings (SSSR count). The molecule has 0 unspecified atom stereocenters. The molecule has 0 spiro atoms. The summed E-state index contributed by atoms with van der Waals surface area (Å²) < 4.78 is 33.4. The summed E-state index contributed by atoms with van der Waals surface area (Å²) in [4.78, 5) is 21.1. The van der Waals surface area contributed by atoms with E-state index in [9.17, 15) is 8.42 Å².